The monoisotopic (exact) mass is 400 g/mol. The molecule has 0 unspecified atom stereocenters. The van der Waals surface area contributed by atoms with Crippen molar-refractivity contribution in [1.82, 2.24) is 4.57 Å². The van der Waals surface area contributed by atoms with Crippen LogP contribution in [0.3, 0.4) is 0 Å². The number of aromatic nitrogens is 1. The molecular formula is C24H17ClN2O2. The van der Waals surface area contributed by atoms with Gasteiger partial charge in [-0.15, -0.1) is 0 Å². The standard InChI is InChI=1S/C24H17ClN2O2/c1-13-7-8-14(11-18(13)25)26-19-9-10-20-22-17(12-21(28)27(20)2)15-5-3-4-6-16(15)24(29)23(19)22/h3-12,26H,1-2H3. The number of aryl methyl sites for hydroxylation is 2. The summed E-state index contributed by atoms with van der Waals surface area (Å²) in [5, 5.41) is 4.79. The van der Waals surface area contributed by atoms with Crippen LogP contribution in [-0.2, 0) is 7.05 Å². The number of anilines is 2. The number of ketones is 1. The molecule has 5 rings (SSSR count). The SMILES string of the molecule is Cc1ccc(Nc2ccc3c4c(cc(=O)n3C)-c3ccccc3C(=O)c24)cc1Cl. The largest absolute Gasteiger partial charge is 0.355 e. The van der Waals surface area contributed by atoms with E-state index in [-0.39, 0.29) is 11.3 Å². The van der Waals surface area contributed by atoms with E-state index >= 15 is 0 Å². The maximum atomic E-state index is 13.5. The summed E-state index contributed by atoms with van der Waals surface area (Å²) in [6.07, 6.45) is 0. The first kappa shape index (κ1) is 17.7. The Kier molecular flexibility index (Phi) is 3.86. The lowest BCUT2D eigenvalue weighted by Gasteiger charge is -2.23. The lowest BCUT2D eigenvalue weighted by atomic mass is 9.83. The Labute approximate surface area is 172 Å². The highest BCUT2D eigenvalue weighted by Crippen LogP contribution is 2.42. The van der Waals surface area contributed by atoms with E-state index in [4.69, 9.17) is 11.6 Å². The molecule has 3 aromatic carbocycles. The minimum Gasteiger partial charge on any atom is -0.355 e. The van der Waals surface area contributed by atoms with Crippen molar-refractivity contribution in [3.05, 3.63) is 92.7 Å². The van der Waals surface area contributed by atoms with Crippen LogP contribution < -0.4 is 10.9 Å². The van der Waals surface area contributed by atoms with E-state index < -0.39 is 0 Å². The van der Waals surface area contributed by atoms with Crippen LogP contribution in [-0.4, -0.2) is 10.4 Å². The number of nitrogens with one attached hydrogen (secondary N) is 1. The number of hydrogen-bond acceptors (Lipinski definition) is 3. The van der Waals surface area contributed by atoms with E-state index in [1.165, 1.54) is 0 Å². The topological polar surface area (TPSA) is 51.1 Å². The van der Waals surface area contributed by atoms with Crippen molar-refractivity contribution in [2.75, 3.05) is 5.32 Å². The molecule has 5 heteroatoms. The van der Waals surface area contributed by atoms with Crippen LogP contribution in [0, 0.1) is 6.92 Å². The number of carbonyl (C=O) groups excluding carboxylic acids is 1. The van der Waals surface area contributed by atoms with Gasteiger partial charge in [-0.2, -0.15) is 0 Å². The fourth-order valence-corrected chi connectivity index (χ4v) is 4.16. The van der Waals surface area contributed by atoms with Crippen LogP contribution in [0.1, 0.15) is 21.5 Å². The first-order valence-corrected chi connectivity index (χ1v) is 9.67. The first-order chi connectivity index (χ1) is 14.0. The summed E-state index contributed by atoms with van der Waals surface area (Å²) in [4.78, 5) is 26.0. The van der Waals surface area contributed by atoms with Gasteiger partial charge in [-0.1, -0.05) is 41.9 Å². The van der Waals surface area contributed by atoms with Gasteiger partial charge in [0.15, 0.2) is 5.78 Å². The highest BCUT2D eigenvalue weighted by Gasteiger charge is 2.28. The summed E-state index contributed by atoms with van der Waals surface area (Å²) in [6, 6.07) is 18.5. The summed E-state index contributed by atoms with van der Waals surface area (Å²) in [6.45, 7) is 1.94. The molecule has 142 valence electrons. The van der Waals surface area contributed by atoms with Gasteiger partial charge in [0.2, 0.25) is 0 Å². The van der Waals surface area contributed by atoms with Crippen LogP contribution in [0.25, 0.3) is 22.0 Å². The summed E-state index contributed by atoms with van der Waals surface area (Å²) < 4.78 is 1.58. The molecule has 4 aromatic rings. The van der Waals surface area contributed by atoms with Crippen molar-refractivity contribution < 1.29 is 4.79 Å². The number of nitrogens with zero attached hydrogens (tertiary/aromatic N) is 1. The average molecular weight is 401 g/mol. The number of halogens is 1. The summed E-state index contributed by atoms with van der Waals surface area (Å²) in [5.41, 5.74) is 5.87. The van der Waals surface area contributed by atoms with Crippen molar-refractivity contribution in [2.45, 2.75) is 6.92 Å². The predicted octanol–water partition coefficient (Wildman–Crippen LogP) is 5.46. The molecule has 0 amide bonds. The number of hydrogen-bond donors (Lipinski definition) is 1. The Hall–Kier alpha value is -3.37. The number of benzene rings is 3. The molecule has 1 aromatic heterocycles. The third-order valence-corrected chi connectivity index (χ3v) is 5.96. The lowest BCUT2D eigenvalue weighted by Crippen LogP contribution is -2.21. The van der Waals surface area contributed by atoms with Gasteiger partial charge >= 0.3 is 0 Å². The summed E-state index contributed by atoms with van der Waals surface area (Å²) in [5.74, 6) is -0.0574. The van der Waals surface area contributed by atoms with Crippen LogP contribution in [0.2, 0.25) is 5.02 Å². The van der Waals surface area contributed by atoms with Crippen molar-refractivity contribution in [1.29, 1.82) is 0 Å². The molecular weight excluding hydrogens is 384 g/mol. The first-order valence-electron chi connectivity index (χ1n) is 9.30. The molecule has 4 nitrogen and oxygen atoms in total. The van der Waals surface area contributed by atoms with E-state index in [0.717, 1.165) is 33.3 Å². The Morgan fingerprint density at radius 3 is 2.41 bits per heavy atom. The second kappa shape index (κ2) is 6.33. The molecule has 29 heavy (non-hydrogen) atoms. The molecule has 0 saturated carbocycles. The minimum atomic E-state index is -0.103. The van der Waals surface area contributed by atoms with E-state index in [1.54, 1.807) is 17.7 Å². The molecule has 1 aliphatic rings. The van der Waals surface area contributed by atoms with Crippen molar-refractivity contribution >= 4 is 39.7 Å². The zero-order chi connectivity index (χ0) is 20.3. The summed E-state index contributed by atoms with van der Waals surface area (Å²) >= 11 is 6.27. The van der Waals surface area contributed by atoms with E-state index in [1.807, 2.05) is 61.5 Å². The van der Waals surface area contributed by atoms with Gasteiger partial charge in [0, 0.05) is 34.8 Å². The molecule has 0 atom stereocenters. The van der Waals surface area contributed by atoms with E-state index in [9.17, 15) is 9.59 Å². The Balaban J connectivity index is 1.83. The van der Waals surface area contributed by atoms with Crippen molar-refractivity contribution in [2.24, 2.45) is 7.05 Å². The minimum absolute atomic E-state index is 0.0574. The predicted molar refractivity (Wildman–Crippen MR) is 118 cm³/mol. The number of carbonyl (C=O) groups is 1. The normalized spacial score (nSPS) is 12.2. The van der Waals surface area contributed by atoms with Gasteiger partial charge in [-0.05, 0) is 47.9 Å². The van der Waals surface area contributed by atoms with Gasteiger partial charge in [0.1, 0.15) is 0 Å². The molecule has 0 bridgehead atoms. The summed E-state index contributed by atoms with van der Waals surface area (Å²) in [7, 11) is 1.73. The van der Waals surface area contributed by atoms with Gasteiger partial charge in [0.25, 0.3) is 5.56 Å². The molecule has 0 fully saturated rings. The second-order valence-corrected chi connectivity index (χ2v) is 7.71. The smallest absolute Gasteiger partial charge is 0.251 e. The zero-order valence-corrected chi connectivity index (χ0v) is 16.7. The van der Waals surface area contributed by atoms with Crippen LogP contribution in [0.5, 0.6) is 0 Å². The molecule has 1 N–H and O–H groups in total. The van der Waals surface area contributed by atoms with E-state index in [2.05, 4.69) is 5.32 Å². The van der Waals surface area contributed by atoms with Gasteiger partial charge in [-0.25, -0.2) is 0 Å². The average Bonchev–Trinajstić information content (AvgIpc) is 2.72. The fourth-order valence-electron chi connectivity index (χ4n) is 3.98. The number of rotatable bonds is 2. The quantitative estimate of drug-likeness (QED) is 0.428. The van der Waals surface area contributed by atoms with Crippen molar-refractivity contribution in [3.8, 4) is 11.1 Å². The Morgan fingerprint density at radius 2 is 1.66 bits per heavy atom. The maximum Gasteiger partial charge on any atom is 0.251 e. The van der Waals surface area contributed by atoms with Crippen molar-refractivity contribution in [3.63, 3.8) is 0 Å². The highest BCUT2D eigenvalue weighted by atomic mass is 35.5. The molecule has 0 spiro atoms. The molecule has 1 aliphatic carbocycles. The van der Waals surface area contributed by atoms with Gasteiger partial charge in [0.05, 0.1) is 16.8 Å². The van der Waals surface area contributed by atoms with Gasteiger partial charge < -0.3 is 9.88 Å². The Morgan fingerprint density at radius 1 is 0.897 bits per heavy atom. The lowest BCUT2D eigenvalue weighted by molar-refractivity contribution is 0.104. The van der Waals surface area contributed by atoms with Crippen LogP contribution >= 0.6 is 11.6 Å². The van der Waals surface area contributed by atoms with Crippen LogP contribution in [0.4, 0.5) is 11.4 Å². The maximum absolute atomic E-state index is 13.5. The van der Waals surface area contributed by atoms with E-state index in [0.29, 0.717) is 21.8 Å². The molecule has 1 heterocycles. The third kappa shape index (κ3) is 2.60. The molecule has 0 aliphatic heterocycles. The number of pyridine rings is 1. The highest BCUT2D eigenvalue weighted by molar-refractivity contribution is 6.31. The van der Waals surface area contributed by atoms with Crippen LogP contribution in [0.15, 0.2) is 65.5 Å². The second-order valence-electron chi connectivity index (χ2n) is 7.30. The Bertz CT molecular complexity index is 1400. The zero-order valence-electron chi connectivity index (χ0n) is 15.9. The molecule has 0 saturated heterocycles. The third-order valence-electron chi connectivity index (χ3n) is 5.55. The number of fused-ring (bicyclic) bond motifs is 2. The molecule has 0 radical (unpaired) electrons. The van der Waals surface area contributed by atoms with Gasteiger partial charge in [-0.3, -0.25) is 9.59 Å². The fraction of sp³-hybridized carbons (Fsp3) is 0.0833.